The van der Waals surface area contributed by atoms with E-state index in [0.717, 1.165) is 50.1 Å². The molecule has 3 saturated heterocycles. The number of rotatable bonds is 34. The summed E-state index contributed by atoms with van der Waals surface area (Å²) in [6.45, 7) is 1.37. The van der Waals surface area contributed by atoms with Gasteiger partial charge in [-0.3, -0.25) is 0 Å². The smallest absolute Gasteiger partial charge is 0.187 e. The lowest BCUT2D eigenvalue weighted by Crippen LogP contribution is -2.67. The third-order valence-corrected chi connectivity index (χ3v) is 17.3. The summed E-state index contributed by atoms with van der Waals surface area (Å²) < 4.78 is 97.7. The molecule has 3 heterocycles. The Bertz CT molecular complexity index is 3600. The maximum absolute atomic E-state index is 13.5. The summed E-state index contributed by atoms with van der Waals surface area (Å²) in [7, 11) is 0. The average molecular weight is 1320 g/mol. The molecule has 0 spiro atoms. The Balaban J connectivity index is 0.930. The molecule has 0 unspecified atom stereocenters. The van der Waals surface area contributed by atoms with Gasteiger partial charge in [-0.15, -0.1) is 0 Å². The number of hydrogen-bond donors (Lipinski definition) is 2. The van der Waals surface area contributed by atoms with Crippen molar-refractivity contribution >= 4 is 0 Å². The molecule has 0 radical (unpaired) electrons. The van der Waals surface area contributed by atoms with Crippen LogP contribution in [0.15, 0.2) is 273 Å². The summed E-state index contributed by atoms with van der Waals surface area (Å²) in [4.78, 5) is 0. The van der Waals surface area contributed by atoms with Crippen molar-refractivity contribution < 1.29 is 76.5 Å². The molecule has 9 aromatic rings. The third-order valence-electron chi connectivity index (χ3n) is 17.3. The number of benzene rings is 9. The van der Waals surface area contributed by atoms with Crippen LogP contribution in [0, 0.1) is 0 Å². The second kappa shape index (κ2) is 36.8. The van der Waals surface area contributed by atoms with Gasteiger partial charge in [0, 0.05) is 0 Å². The molecule has 0 saturated carbocycles. The van der Waals surface area contributed by atoms with E-state index in [1.165, 1.54) is 0 Å². The van der Waals surface area contributed by atoms with E-state index in [9.17, 15) is 10.2 Å². The van der Waals surface area contributed by atoms with Gasteiger partial charge in [-0.05, 0) is 50.1 Å². The predicted molar refractivity (Wildman–Crippen MR) is 362 cm³/mol. The Hall–Kier alpha value is -7.66. The monoisotopic (exact) mass is 1310 g/mol. The topological polar surface area (TPSA) is 170 Å². The fourth-order valence-corrected chi connectivity index (χ4v) is 12.3. The van der Waals surface area contributed by atoms with Crippen molar-refractivity contribution in [3.05, 3.63) is 323 Å². The fourth-order valence-electron chi connectivity index (χ4n) is 12.3. The van der Waals surface area contributed by atoms with Crippen molar-refractivity contribution in [2.45, 2.75) is 152 Å². The van der Waals surface area contributed by atoms with Gasteiger partial charge in [0.1, 0.15) is 73.2 Å². The molecule has 3 fully saturated rings. The molecule has 0 amide bonds. The number of aliphatic hydroxyl groups excluding tert-OH is 2. The molecule has 16 heteroatoms. The Morgan fingerprint density at radius 2 is 0.464 bits per heavy atom. The van der Waals surface area contributed by atoms with Crippen LogP contribution < -0.4 is 0 Å². The van der Waals surface area contributed by atoms with Gasteiger partial charge in [-0.25, -0.2) is 0 Å². The molecule has 3 aliphatic rings. The Labute approximate surface area is 568 Å². The second-order valence-corrected chi connectivity index (χ2v) is 24.4. The summed E-state index contributed by atoms with van der Waals surface area (Å²) in [6.07, 6.45) is -17.2. The lowest BCUT2D eigenvalue weighted by molar-refractivity contribution is -0.390. The van der Waals surface area contributed by atoms with E-state index in [4.69, 9.17) is 66.3 Å². The van der Waals surface area contributed by atoms with E-state index in [2.05, 4.69) is 0 Å². The molecule has 506 valence electrons. The van der Waals surface area contributed by atoms with E-state index >= 15 is 0 Å². The van der Waals surface area contributed by atoms with Crippen LogP contribution in [-0.4, -0.2) is 122 Å². The van der Waals surface area contributed by atoms with Crippen LogP contribution >= 0.6 is 0 Å². The zero-order valence-electron chi connectivity index (χ0n) is 54.2. The van der Waals surface area contributed by atoms with Crippen molar-refractivity contribution in [1.82, 2.24) is 0 Å². The van der Waals surface area contributed by atoms with Gasteiger partial charge in [0.25, 0.3) is 0 Å². The molecule has 16 nitrogen and oxygen atoms in total. The largest absolute Gasteiger partial charge is 0.385 e. The minimum Gasteiger partial charge on any atom is -0.385 e. The normalized spacial score (nSPS) is 25.7. The zero-order chi connectivity index (χ0) is 66.1. The maximum atomic E-state index is 13.5. The minimum atomic E-state index is -1.61. The lowest BCUT2D eigenvalue weighted by atomic mass is 9.95. The highest BCUT2D eigenvalue weighted by Crippen LogP contribution is 2.39. The van der Waals surface area contributed by atoms with Gasteiger partial charge in [0.05, 0.1) is 79.3 Å². The molecule has 97 heavy (non-hydrogen) atoms. The van der Waals surface area contributed by atoms with E-state index in [-0.39, 0.29) is 79.3 Å². The molecular formula is C81H86O16. The average Bonchev–Trinajstić information content (AvgIpc) is 0.788. The van der Waals surface area contributed by atoms with E-state index in [0.29, 0.717) is 0 Å². The maximum Gasteiger partial charge on any atom is 0.187 e. The molecule has 9 aromatic carbocycles. The summed E-state index contributed by atoms with van der Waals surface area (Å²) in [6, 6.07) is 88.4. The Kier molecular flexibility index (Phi) is 26.3. The predicted octanol–water partition coefficient (Wildman–Crippen LogP) is 12.4. The molecular weight excluding hydrogens is 1230 g/mol. The van der Waals surface area contributed by atoms with Crippen molar-refractivity contribution in [1.29, 1.82) is 0 Å². The Morgan fingerprint density at radius 3 is 0.814 bits per heavy atom. The highest BCUT2D eigenvalue weighted by molar-refractivity contribution is 5.21. The van der Waals surface area contributed by atoms with Crippen LogP contribution in [0.4, 0.5) is 0 Å². The first-order valence-corrected chi connectivity index (χ1v) is 33.4. The molecule has 15 atom stereocenters. The first-order valence-electron chi connectivity index (χ1n) is 33.4. The van der Waals surface area contributed by atoms with Crippen molar-refractivity contribution in [3.63, 3.8) is 0 Å². The highest BCUT2D eigenvalue weighted by atomic mass is 16.8. The first-order chi connectivity index (χ1) is 47.9. The molecule has 0 bridgehead atoms. The van der Waals surface area contributed by atoms with Gasteiger partial charge in [0.2, 0.25) is 0 Å². The molecule has 0 aromatic heterocycles. The number of hydrogen-bond acceptors (Lipinski definition) is 16. The number of ether oxygens (including phenoxy) is 14. The SMILES string of the molecule is O[C@H]1[C@H](O[C@H]2[C@H](OCc3ccccc3)[C@@H](OCc3ccccc3)[C@H](O)O[C@@H]2COCc2ccccc2)O[C@H](COCc2ccccc2)[C@H](O[C@H]2O[C@H](COCc3ccccc3)[C@H](OCc3ccccc3)[C@H](OCc3ccccc3)[C@H]2OCc2ccccc2)[C@@H]1OCc1ccccc1. The van der Waals surface area contributed by atoms with Gasteiger partial charge >= 0.3 is 0 Å². The van der Waals surface area contributed by atoms with Gasteiger partial charge < -0.3 is 76.5 Å². The van der Waals surface area contributed by atoms with Crippen LogP contribution in [0.1, 0.15) is 50.1 Å². The van der Waals surface area contributed by atoms with Crippen LogP contribution in [0.25, 0.3) is 0 Å². The Morgan fingerprint density at radius 1 is 0.227 bits per heavy atom. The van der Waals surface area contributed by atoms with Crippen LogP contribution in [0.3, 0.4) is 0 Å². The third kappa shape index (κ3) is 20.2. The summed E-state index contributed by atoms with van der Waals surface area (Å²) in [5.41, 5.74) is 8.14. The summed E-state index contributed by atoms with van der Waals surface area (Å²) in [5, 5.41) is 25.6. The van der Waals surface area contributed by atoms with Crippen LogP contribution in [0.5, 0.6) is 0 Å². The minimum absolute atomic E-state index is 0.0350. The zero-order valence-corrected chi connectivity index (χ0v) is 54.2. The first kappa shape index (κ1) is 69.2. The molecule has 2 N–H and O–H groups in total. The molecule has 0 aliphatic carbocycles. The van der Waals surface area contributed by atoms with Gasteiger partial charge in [0.15, 0.2) is 18.9 Å². The van der Waals surface area contributed by atoms with Crippen molar-refractivity contribution in [2.24, 2.45) is 0 Å². The van der Waals surface area contributed by atoms with E-state index in [1.54, 1.807) is 0 Å². The summed E-state index contributed by atoms with van der Waals surface area (Å²) >= 11 is 0. The van der Waals surface area contributed by atoms with Crippen molar-refractivity contribution in [2.75, 3.05) is 19.8 Å². The quantitative estimate of drug-likeness (QED) is 0.0390. The second-order valence-electron chi connectivity index (χ2n) is 24.4. The number of aliphatic hydroxyl groups is 2. The van der Waals surface area contributed by atoms with Gasteiger partial charge in [-0.2, -0.15) is 0 Å². The van der Waals surface area contributed by atoms with Gasteiger partial charge in [-0.1, -0.05) is 273 Å². The molecule has 12 rings (SSSR count). The van der Waals surface area contributed by atoms with E-state index < -0.39 is 92.1 Å². The van der Waals surface area contributed by atoms with Crippen LogP contribution in [0.2, 0.25) is 0 Å². The highest BCUT2D eigenvalue weighted by Gasteiger charge is 2.56. The van der Waals surface area contributed by atoms with Crippen molar-refractivity contribution in [3.8, 4) is 0 Å². The summed E-state index contributed by atoms with van der Waals surface area (Å²) in [5.74, 6) is 0. The standard InChI is InChI=1S/C81H86O16/c82-70-74(88-50-62-36-18-5-19-37-62)72(97-81-78(92-54-66-44-26-9-27-45-66)75(89-51-63-38-20-6-21-39-63)71(87-49-61-34-16-4-17-35-61)67(95-81)55-84-46-58-28-10-1-11-29-58)69(57-86-48-60-32-14-3-15-33-60)94-80(70)96-73-68(56-85-47-59-30-12-2-13-31-59)93-79(83)77(91-53-65-42-24-8-25-43-65)76(73)90-52-64-40-22-7-23-41-64/h1-45,67-83H,46-57H2/t67-,68-,69-,70-,71+,72+,73-,74-,75+,76+,77-,78-,79-,80+,81-/m1/s1. The molecule has 3 aliphatic heterocycles. The van der Waals surface area contributed by atoms with E-state index in [1.807, 2.05) is 273 Å². The van der Waals surface area contributed by atoms with Crippen LogP contribution in [-0.2, 0) is 126 Å². The fraction of sp³-hybridized carbons (Fsp3) is 0.333. The lowest BCUT2D eigenvalue weighted by Gasteiger charge is -2.51.